The molecule has 21 heavy (non-hydrogen) atoms. The van der Waals surface area contributed by atoms with Gasteiger partial charge in [0.15, 0.2) is 0 Å². The predicted molar refractivity (Wildman–Crippen MR) is 87.8 cm³/mol. The molecule has 0 fully saturated rings. The number of sulfonamides is 1. The molecule has 1 aromatic heterocycles. The van der Waals surface area contributed by atoms with Crippen molar-refractivity contribution < 1.29 is 13.2 Å². The highest BCUT2D eigenvalue weighted by molar-refractivity contribution is 9.10. The van der Waals surface area contributed by atoms with Crippen molar-refractivity contribution in [3.63, 3.8) is 0 Å². The second-order valence-electron chi connectivity index (χ2n) is 4.29. The Morgan fingerprint density at radius 3 is 2.57 bits per heavy atom. The van der Waals surface area contributed by atoms with Crippen LogP contribution in [0.15, 0.2) is 44.4 Å². The average Bonchev–Trinajstić information content (AvgIpc) is 2.91. The Kier molecular flexibility index (Phi) is 5.95. The molecular formula is C14H16BrNO3S2. The van der Waals surface area contributed by atoms with Gasteiger partial charge in [-0.2, -0.15) is 0 Å². The van der Waals surface area contributed by atoms with E-state index in [0.717, 1.165) is 11.1 Å². The first kappa shape index (κ1) is 16.6. The van der Waals surface area contributed by atoms with Crippen LogP contribution >= 0.6 is 27.3 Å². The van der Waals surface area contributed by atoms with Gasteiger partial charge < -0.3 is 4.74 Å². The van der Waals surface area contributed by atoms with Gasteiger partial charge in [0, 0.05) is 17.6 Å². The van der Waals surface area contributed by atoms with E-state index in [2.05, 4.69) is 20.7 Å². The summed E-state index contributed by atoms with van der Waals surface area (Å²) in [6, 6.07) is 9.38. The van der Waals surface area contributed by atoms with E-state index in [0.29, 0.717) is 21.9 Å². The minimum atomic E-state index is -3.50. The summed E-state index contributed by atoms with van der Waals surface area (Å²) in [4.78, 5) is 0. The maximum absolute atomic E-state index is 12.3. The molecule has 0 saturated heterocycles. The number of halogens is 1. The first-order valence-corrected chi connectivity index (χ1v) is 9.57. The van der Waals surface area contributed by atoms with E-state index >= 15 is 0 Å². The fourth-order valence-electron chi connectivity index (χ4n) is 1.79. The van der Waals surface area contributed by atoms with Crippen LogP contribution in [0.1, 0.15) is 18.1 Å². The third-order valence-corrected chi connectivity index (χ3v) is 6.93. The fourth-order valence-corrected chi connectivity index (χ4v) is 5.18. The summed E-state index contributed by atoms with van der Waals surface area (Å²) >= 11 is 4.44. The van der Waals surface area contributed by atoms with E-state index in [1.165, 1.54) is 11.3 Å². The maximum atomic E-state index is 12.3. The number of hydrogen-bond acceptors (Lipinski definition) is 4. The molecule has 4 nitrogen and oxygen atoms in total. The van der Waals surface area contributed by atoms with Crippen LogP contribution in [0.3, 0.4) is 0 Å². The molecule has 0 unspecified atom stereocenters. The van der Waals surface area contributed by atoms with E-state index < -0.39 is 10.0 Å². The normalized spacial score (nSPS) is 11.7. The van der Waals surface area contributed by atoms with Gasteiger partial charge >= 0.3 is 0 Å². The molecule has 0 saturated carbocycles. The molecule has 2 aromatic rings. The second-order valence-corrected chi connectivity index (χ2v) is 8.02. The summed E-state index contributed by atoms with van der Waals surface area (Å²) < 4.78 is 33.4. The summed E-state index contributed by atoms with van der Waals surface area (Å²) in [5, 5.41) is 1.74. The van der Waals surface area contributed by atoms with Crippen LogP contribution in [0.5, 0.6) is 0 Å². The SMILES string of the molecule is CCOCc1ccccc1CNS(=O)(=O)c1sccc1Br. The van der Waals surface area contributed by atoms with Crippen molar-refractivity contribution in [3.05, 3.63) is 51.3 Å². The highest BCUT2D eigenvalue weighted by Gasteiger charge is 2.19. The van der Waals surface area contributed by atoms with Crippen LogP contribution in [0, 0.1) is 0 Å². The Hall–Kier alpha value is -0.730. The summed E-state index contributed by atoms with van der Waals surface area (Å²) in [5.41, 5.74) is 1.91. The largest absolute Gasteiger partial charge is 0.377 e. The van der Waals surface area contributed by atoms with E-state index in [-0.39, 0.29) is 6.54 Å². The smallest absolute Gasteiger partial charge is 0.251 e. The van der Waals surface area contributed by atoms with E-state index in [4.69, 9.17) is 4.74 Å². The lowest BCUT2D eigenvalue weighted by atomic mass is 10.1. The minimum absolute atomic E-state index is 0.246. The molecule has 0 radical (unpaired) electrons. The van der Waals surface area contributed by atoms with Crippen molar-refractivity contribution in [3.8, 4) is 0 Å². The van der Waals surface area contributed by atoms with Gasteiger partial charge in [-0.25, -0.2) is 13.1 Å². The maximum Gasteiger partial charge on any atom is 0.251 e. The van der Waals surface area contributed by atoms with Crippen molar-refractivity contribution in [2.75, 3.05) is 6.61 Å². The first-order valence-electron chi connectivity index (χ1n) is 6.41. The molecule has 114 valence electrons. The fraction of sp³-hybridized carbons (Fsp3) is 0.286. The van der Waals surface area contributed by atoms with Gasteiger partial charge in [0.2, 0.25) is 0 Å². The van der Waals surface area contributed by atoms with Crippen molar-refractivity contribution >= 4 is 37.3 Å². The van der Waals surface area contributed by atoms with Crippen molar-refractivity contribution in [2.45, 2.75) is 24.3 Å². The zero-order valence-corrected chi connectivity index (χ0v) is 14.7. The Bertz CT molecular complexity index is 698. The lowest BCUT2D eigenvalue weighted by Crippen LogP contribution is -2.23. The number of thiophene rings is 1. The summed E-state index contributed by atoms with van der Waals surface area (Å²) in [7, 11) is -3.50. The van der Waals surface area contributed by atoms with Gasteiger partial charge in [0.05, 0.1) is 6.61 Å². The Balaban J connectivity index is 2.11. The summed E-state index contributed by atoms with van der Waals surface area (Å²) in [5.74, 6) is 0. The number of hydrogen-bond donors (Lipinski definition) is 1. The zero-order valence-electron chi connectivity index (χ0n) is 11.5. The summed E-state index contributed by atoms with van der Waals surface area (Å²) in [6.07, 6.45) is 0. The molecule has 0 amide bonds. The van der Waals surface area contributed by atoms with Gasteiger partial charge in [0.25, 0.3) is 10.0 Å². The lowest BCUT2D eigenvalue weighted by Gasteiger charge is -2.10. The van der Waals surface area contributed by atoms with Gasteiger partial charge in [-0.3, -0.25) is 0 Å². The highest BCUT2D eigenvalue weighted by Crippen LogP contribution is 2.27. The lowest BCUT2D eigenvalue weighted by molar-refractivity contribution is 0.133. The first-order chi connectivity index (χ1) is 10.0. The Morgan fingerprint density at radius 1 is 1.24 bits per heavy atom. The molecule has 0 aliphatic rings. The summed E-state index contributed by atoms with van der Waals surface area (Å²) in [6.45, 7) is 3.29. The van der Waals surface area contributed by atoms with Gasteiger partial charge in [0.1, 0.15) is 4.21 Å². The van der Waals surface area contributed by atoms with Crippen molar-refractivity contribution in [2.24, 2.45) is 0 Å². The minimum Gasteiger partial charge on any atom is -0.377 e. The van der Waals surface area contributed by atoms with Crippen molar-refractivity contribution in [1.82, 2.24) is 4.72 Å². The molecule has 7 heteroatoms. The predicted octanol–water partition coefficient (Wildman–Crippen LogP) is 3.53. The Labute approximate surface area is 137 Å². The zero-order chi connectivity index (χ0) is 15.3. The van der Waals surface area contributed by atoms with Crippen molar-refractivity contribution in [1.29, 1.82) is 0 Å². The van der Waals surface area contributed by atoms with E-state index in [1.807, 2.05) is 31.2 Å². The number of nitrogens with one attached hydrogen (secondary N) is 1. The molecule has 1 heterocycles. The number of benzene rings is 1. The topological polar surface area (TPSA) is 55.4 Å². The molecule has 0 aliphatic carbocycles. The third kappa shape index (κ3) is 4.37. The van der Waals surface area contributed by atoms with Gasteiger partial charge in [-0.1, -0.05) is 24.3 Å². The average molecular weight is 390 g/mol. The molecule has 0 aliphatic heterocycles. The van der Waals surface area contributed by atoms with E-state index in [9.17, 15) is 8.42 Å². The van der Waals surface area contributed by atoms with Crippen LogP contribution < -0.4 is 4.72 Å². The van der Waals surface area contributed by atoms with Crippen LogP contribution in [0.25, 0.3) is 0 Å². The second kappa shape index (κ2) is 7.51. The highest BCUT2D eigenvalue weighted by atomic mass is 79.9. The monoisotopic (exact) mass is 389 g/mol. The molecule has 0 atom stereocenters. The van der Waals surface area contributed by atoms with Gasteiger partial charge in [-0.15, -0.1) is 11.3 Å². The molecule has 2 rings (SSSR count). The third-order valence-electron chi connectivity index (χ3n) is 2.86. The van der Waals surface area contributed by atoms with E-state index in [1.54, 1.807) is 11.4 Å². The van der Waals surface area contributed by atoms with Crippen LogP contribution in [-0.4, -0.2) is 15.0 Å². The van der Waals surface area contributed by atoms with Gasteiger partial charge in [-0.05, 0) is 45.4 Å². The molecule has 1 N–H and O–H groups in total. The van der Waals surface area contributed by atoms with Crippen LogP contribution in [0.2, 0.25) is 0 Å². The molecular weight excluding hydrogens is 374 g/mol. The molecule has 0 spiro atoms. The Morgan fingerprint density at radius 2 is 1.95 bits per heavy atom. The van der Waals surface area contributed by atoms with Crippen LogP contribution in [-0.2, 0) is 27.9 Å². The number of rotatable bonds is 7. The standard InChI is InChI=1S/C14H16BrNO3S2/c1-2-19-10-12-6-4-3-5-11(12)9-16-21(17,18)14-13(15)7-8-20-14/h3-8,16H,2,9-10H2,1H3. The molecule has 1 aromatic carbocycles. The quantitative estimate of drug-likeness (QED) is 0.787. The molecule has 0 bridgehead atoms. The number of ether oxygens (including phenoxy) is 1. The van der Waals surface area contributed by atoms with Crippen LogP contribution in [0.4, 0.5) is 0 Å².